The lowest BCUT2D eigenvalue weighted by Crippen LogP contribution is -2.31. The number of allylic oxidation sites excluding steroid dienone is 1. The number of ether oxygens (including phenoxy) is 1. The van der Waals surface area contributed by atoms with Gasteiger partial charge in [-0.05, 0) is 57.0 Å². The van der Waals surface area contributed by atoms with E-state index in [9.17, 15) is 4.79 Å². The summed E-state index contributed by atoms with van der Waals surface area (Å²) in [4.78, 5) is 18.4. The Morgan fingerprint density at radius 3 is 2.66 bits per heavy atom. The van der Waals surface area contributed by atoms with Crippen LogP contribution in [0.15, 0.2) is 63.4 Å². The molecule has 1 aliphatic rings. The molecule has 9 heteroatoms. The minimum atomic E-state index is -0.510. The first-order valence-electron chi connectivity index (χ1n) is 11.8. The van der Waals surface area contributed by atoms with Gasteiger partial charge in [0.1, 0.15) is 11.8 Å². The second kappa shape index (κ2) is 11.3. The third-order valence-corrected chi connectivity index (χ3v) is 7.09. The molecule has 7 nitrogen and oxygen atoms in total. The standard InChI is InChI=1S/C26H30BrN5O2S/c1-5-13-34-21-12-9-18(27)15-20(21)23-22(24(33)29-19-10-7-16(3)8-11-19)17(4)28-25-30-26(31-32(23)25)35-14-6-2/h7-12,15,23H,5-6,13-14H2,1-4H3,(H,29,33)(H,28,30,31). The molecule has 1 aliphatic heterocycles. The van der Waals surface area contributed by atoms with Gasteiger partial charge < -0.3 is 15.4 Å². The van der Waals surface area contributed by atoms with Gasteiger partial charge in [-0.15, -0.1) is 5.10 Å². The van der Waals surface area contributed by atoms with Crippen molar-refractivity contribution < 1.29 is 9.53 Å². The molecule has 1 atom stereocenters. The van der Waals surface area contributed by atoms with E-state index in [1.165, 1.54) is 0 Å². The van der Waals surface area contributed by atoms with Gasteiger partial charge in [-0.2, -0.15) is 4.98 Å². The highest BCUT2D eigenvalue weighted by Gasteiger charge is 2.36. The summed E-state index contributed by atoms with van der Waals surface area (Å²) in [6, 6.07) is 13.1. The number of rotatable bonds is 9. The molecule has 2 N–H and O–H groups in total. The van der Waals surface area contributed by atoms with Crippen molar-refractivity contribution in [1.29, 1.82) is 0 Å². The lowest BCUT2D eigenvalue weighted by molar-refractivity contribution is -0.113. The van der Waals surface area contributed by atoms with Crippen molar-refractivity contribution in [2.45, 2.75) is 51.7 Å². The maximum absolute atomic E-state index is 13.7. The van der Waals surface area contributed by atoms with Gasteiger partial charge in [0.2, 0.25) is 11.1 Å². The molecule has 0 spiro atoms. The van der Waals surface area contributed by atoms with Crippen LogP contribution in [0.3, 0.4) is 0 Å². The lowest BCUT2D eigenvalue weighted by atomic mass is 9.94. The second-order valence-corrected chi connectivity index (χ2v) is 10.4. The number of fused-ring (bicyclic) bond motifs is 1. The monoisotopic (exact) mass is 555 g/mol. The second-order valence-electron chi connectivity index (χ2n) is 8.43. The fourth-order valence-electron chi connectivity index (χ4n) is 3.88. The largest absolute Gasteiger partial charge is 0.493 e. The molecule has 0 bridgehead atoms. The number of hydrogen-bond donors (Lipinski definition) is 2. The normalized spacial score (nSPS) is 14.9. The molecule has 0 radical (unpaired) electrons. The van der Waals surface area contributed by atoms with Crippen LogP contribution in [0.25, 0.3) is 0 Å². The van der Waals surface area contributed by atoms with Gasteiger partial charge in [-0.3, -0.25) is 4.79 Å². The van der Waals surface area contributed by atoms with Crippen LogP contribution in [0.4, 0.5) is 11.6 Å². The Hall–Kier alpha value is -2.78. The van der Waals surface area contributed by atoms with Gasteiger partial charge in [0.05, 0.1) is 12.2 Å². The zero-order valence-electron chi connectivity index (χ0n) is 20.4. The summed E-state index contributed by atoms with van der Waals surface area (Å²) in [5.74, 6) is 2.05. The van der Waals surface area contributed by atoms with E-state index in [-0.39, 0.29) is 5.91 Å². The Kier molecular flexibility index (Phi) is 8.18. The van der Waals surface area contributed by atoms with E-state index in [1.807, 2.05) is 56.3 Å². The fraction of sp³-hybridized carbons (Fsp3) is 0.346. The highest BCUT2D eigenvalue weighted by molar-refractivity contribution is 9.10. The predicted octanol–water partition coefficient (Wildman–Crippen LogP) is 6.57. The van der Waals surface area contributed by atoms with E-state index in [0.29, 0.717) is 23.3 Å². The number of nitrogens with zero attached hydrogens (tertiary/aromatic N) is 3. The zero-order valence-corrected chi connectivity index (χ0v) is 22.8. The first-order valence-corrected chi connectivity index (χ1v) is 13.6. The minimum absolute atomic E-state index is 0.200. The molecule has 1 aromatic heterocycles. The Labute approximate surface area is 218 Å². The van der Waals surface area contributed by atoms with Crippen LogP contribution < -0.4 is 15.4 Å². The van der Waals surface area contributed by atoms with Crippen molar-refractivity contribution in [1.82, 2.24) is 14.8 Å². The van der Waals surface area contributed by atoms with E-state index in [0.717, 1.165) is 51.3 Å². The molecule has 0 fully saturated rings. The molecule has 1 unspecified atom stereocenters. The first-order chi connectivity index (χ1) is 16.9. The predicted molar refractivity (Wildman–Crippen MR) is 145 cm³/mol. The van der Waals surface area contributed by atoms with Crippen LogP contribution in [0.2, 0.25) is 0 Å². The molecule has 0 saturated carbocycles. The lowest BCUT2D eigenvalue weighted by Gasteiger charge is -2.30. The van der Waals surface area contributed by atoms with Crippen LogP contribution in [0.1, 0.15) is 50.8 Å². The molecule has 1 amide bonds. The van der Waals surface area contributed by atoms with Crippen LogP contribution >= 0.6 is 27.7 Å². The van der Waals surface area contributed by atoms with Gasteiger partial charge >= 0.3 is 0 Å². The van der Waals surface area contributed by atoms with Crippen molar-refractivity contribution in [2.75, 3.05) is 23.0 Å². The summed E-state index contributed by atoms with van der Waals surface area (Å²) >= 11 is 5.21. The summed E-state index contributed by atoms with van der Waals surface area (Å²) in [6.45, 7) is 8.70. The first kappa shape index (κ1) is 25.3. The Morgan fingerprint density at radius 1 is 1.17 bits per heavy atom. The molecular formula is C26H30BrN5O2S. The number of hydrogen-bond acceptors (Lipinski definition) is 6. The highest BCUT2D eigenvalue weighted by Crippen LogP contribution is 2.41. The number of thioether (sulfide) groups is 1. The fourth-order valence-corrected chi connectivity index (χ4v) is 4.94. The van der Waals surface area contributed by atoms with Crippen molar-refractivity contribution >= 4 is 45.2 Å². The number of amides is 1. The molecule has 2 aromatic carbocycles. The molecule has 35 heavy (non-hydrogen) atoms. The quantitative estimate of drug-likeness (QED) is 0.290. The van der Waals surface area contributed by atoms with E-state index >= 15 is 0 Å². The number of anilines is 2. The summed E-state index contributed by atoms with van der Waals surface area (Å²) in [5, 5.41) is 11.8. The SMILES string of the molecule is CCCOc1ccc(Br)cc1C1C(C(=O)Nc2ccc(C)cc2)=C(C)Nc2nc(SCCC)nn21. The minimum Gasteiger partial charge on any atom is -0.493 e. The Bertz CT molecular complexity index is 1240. The molecule has 3 aromatic rings. The van der Waals surface area contributed by atoms with E-state index in [1.54, 1.807) is 16.4 Å². The summed E-state index contributed by atoms with van der Waals surface area (Å²) in [5.41, 5.74) is 4.01. The number of nitrogens with one attached hydrogen (secondary N) is 2. The number of aromatic nitrogens is 3. The Morgan fingerprint density at radius 2 is 1.94 bits per heavy atom. The molecule has 0 aliphatic carbocycles. The zero-order chi connectivity index (χ0) is 24.9. The number of aryl methyl sites for hydroxylation is 1. The van der Waals surface area contributed by atoms with Gasteiger partial charge in [-0.25, -0.2) is 4.68 Å². The average molecular weight is 557 g/mol. The number of benzene rings is 2. The van der Waals surface area contributed by atoms with E-state index in [4.69, 9.17) is 14.8 Å². The average Bonchev–Trinajstić information content (AvgIpc) is 3.24. The third-order valence-electron chi connectivity index (χ3n) is 5.55. The molecule has 0 saturated heterocycles. The molecule has 4 rings (SSSR count). The van der Waals surface area contributed by atoms with Crippen molar-refractivity contribution in [3.8, 4) is 5.75 Å². The molecule has 184 valence electrons. The van der Waals surface area contributed by atoms with Crippen LogP contribution in [0.5, 0.6) is 5.75 Å². The van der Waals surface area contributed by atoms with Crippen molar-refractivity contribution in [3.63, 3.8) is 0 Å². The maximum atomic E-state index is 13.7. The highest BCUT2D eigenvalue weighted by atomic mass is 79.9. The smallest absolute Gasteiger partial charge is 0.255 e. The van der Waals surface area contributed by atoms with Gasteiger partial charge in [0, 0.05) is 27.2 Å². The third kappa shape index (κ3) is 5.73. The van der Waals surface area contributed by atoms with Gasteiger partial charge in [-0.1, -0.05) is 59.2 Å². The summed E-state index contributed by atoms with van der Waals surface area (Å²) in [7, 11) is 0. The van der Waals surface area contributed by atoms with Crippen molar-refractivity contribution in [2.24, 2.45) is 0 Å². The van der Waals surface area contributed by atoms with E-state index < -0.39 is 6.04 Å². The van der Waals surface area contributed by atoms with E-state index in [2.05, 4.69) is 40.4 Å². The number of carbonyl (C=O) groups is 1. The number of carbonyl (C=O) groups excluding carboxylic acids is 1. The van der Waals surface area contributed by atoms with Crippen LogP contribution in [0, 0.1) is 6.92 Å². The van der Waals surface area contributed by atoms with Gasteiger partial charge in [0.15, 0.2) is 0 Å². The van der Waals surface area contributed by atoms with Crippen molar-refractivity contribution in [3.05, 3.63) is 69.3 Å². The Balaban J connectivity index is 1.81. The van der Waals surface area contributed by atoms with Crippen LogP contribution in [-0.4, -0.2) is 33.0 Å². The summed E-state index contributed by atoms with van der Waals surface area (Å²) in [6.07, 6.45) is 1.90. The molecular weight excluding hydrogens is 526 g/mol. The van der Waals surface area contributed by atoms with Crippen LogP contribution in [-0.2, 0) is 4.79 Å². The number of halogens is 1. The van der Waals surface area contributed by atoms with Gasteiger partial charge in [0.25, 0.3) is 5.91 Å². The summed E-state index contributed by atoms with van der Waals surface area (Å²) < 4.78 is 8.81. The topological polar surface area (TPSA) is 81.1 Å². The maximum Gasteiger partial charge on any atom is 0.255 e. The molecule has 2 heterocycles.